The molecular formula is C4H8O3. The maximum Gasteiger partial charge on any atom is 0.303 e. The first kappa shape index (κ1) is 6.43. The van der Waals surface area contributed by atoms with Crippen molar-refractivity contribution < 1.29 is 15.0 Å². The molecule has 0 unspecified atom stereocenters. The van der Waals surface area contributed by atoms with Crippen molar-refractivity contribution in [3.63, 3.8) is 0 Å². The van der Waals surface area contributed by atoms with Gasteiger partial charge in [-0.2, -0.15) is 0 Å². The third-order valence-electron chi connectivity index (χ3n) is 0.549. The van der Waals surface area contributed by atoms with Crippen LogP contribution in [0, 0.1) is 0 Å². The molecule has 0 aromatic carbocycles. The summed E-state index contributed by atoms with van der Waals surface area (Å²) in [5.41, 5.74) is 0. The van der Waals surface area contributed by atoms with Crippen molar-refractivity contribution in [2.45, 2.75) is 12.8 Å². The highest BCUT2D eigenvalue weighted by molar-refractivity contribution is 5.66. The van der Waals surface area contributed by atoms with Crippen LogP contribution in [-0.2, 0) is 4.79 Å². The summed E-state index contributed by atoms with van der Waals surface area (Å²) in [6, 6.07) is 0. The SMILES string of the molecule is O=[14C](O)CCCO. The number of carbonyl (C=O) groups is 1. The molecule has 0 aliphatic rings. The second kappa shape index (κ2) is 3.61. The van der Waals surface area contributed by atoms with Crippen LogP contribution in [-0.4, -0.2) is 22.8 Å². The number of carboxylic acid groups (broad SMARTS) is 1. The predicted molar refractivity (Wildman–Crippen MR) is 24.0 cm³/mol. The molecule has 3 heteroatoms. The van der Waals surface area contributed by atoms with Crippen molar-refractivity contribution >= 4 is 5.97 Å². The lowest BCUT2D eigenvalue weighted by Crippen LogP contribution is -1.95. The van der Waals surface area contributed by atoms with Crippen LogP contribution in [0.2, 0.25) is 0 Å². The molecule has 0 atom stereocenters. The molecule has 0 rings (SSSR count). The van der Waals surface area contributed by atoms with E-state index >= 15 is 0 Å². The van der Waals surface area contributed by atoms with E-state index < -0.39 is 5.97 Å². The normalized spacial score (nSPS) is 8.71. The van der Waals surface area contributed by atoms with Gasteiger partial charge in [0.15, 0.2) is 0 Å². The van der Waals surface area contributed by atoms with Crippen LogP contribution in [0.25, 0.3) is 0 Å². The number of hydrogen-bond donors (Lipinski definition) is 2. The van der Waals surface area contributed by atoms with Gasteiger partial charge in [-0.1, -0.05) is 0 Å². The van der Waals surface area contributed by atoms with Gasteiger partial charge in [-0.05, 0) is 6.42 Å². The Morgan fingerprint density at radius 2 is 2.14 bits per heavy atom. The summed E-state index contributed by atoms with van der Waals surface area (Å²) in [6.07, 6.45) is 0.422. The van der Waals surface area contributed by atoms with Crippen LogP contribution < -0.4 is 0 Å². The van der Waals surface area contributed by atoms with Crippen molar-refractivity contribution in [3.8, 4) is 0 Å². The van der Waals surface area contributed by atoms with Crippen LogP contribution >= 0.6 is 0 Å². The van der Waals surface area contributed by atoms with Gasteiger partial charge in [0.2, 0.25) is 0 Å². The van der Waals surface area contributed by atoms with Crippen LogP contribution in [0.5, 0.6) is 0 Å². The third-order valence-corrected chi connectivity index (χ3v) is 0.549. The van der Waals surface area contributed by atoms with Gasteiger partial charge in [-0.3, -0.25) is 4.79 Å². The Balaban J connectivity index is 2.82. The zero-order chi connectivity index (χ0) is 5.70. The summed E-state index contributed by atoms with van der Waals surface area (Å²) in [6.45, 7) is -0.0354. The van der Waals surface area contributed by atoms with E-state index in [2.05, 4.69) is 0 Å². The summed E-state index contributed by atoms with van der Waals surface area (Å²) < 4.78 is 0. The number of aliphatic hydroxyl groups excluding tert-OH is 1. The molecular weight excluding hydrogens is 98.0 g/mol. The zero-order valence-corrected chi connectivity index (χ0v) is 3.92. The fourth-order valence-corrected chi connectivity index (χ4v) is 0.230. The van der Waals surface area contributed by atoms with Crippen LogP contribution in [0.15, 0.2) is 0 Å². The Kier molecular flexibility index (Phi) is 3.32. The van der Waals surface area contributed by atoms with Gasteiger partial charge >= 0.3 is 5.97 Å². The number of carboxylic acids is 1. The Hall–Kier alpha value is -0.570. The van der Waals surface area contributed by atoms with Crippen molar-refractivity contribution in [2.24, 2.45) is 0 Å². The van der Waals surface area contributed by atoms with E-state index in [0.29, 0.717) is 6.42 Å². The van der Waals surface area contributed by atoms with Crippen LogP contribution in [0.3, 0.4) is 0 Å². The van der Waals surface area contributed by atoms with Gasteiger partial charge in [0.25, 0.3) is 0 Å². The molecule has 0 amide bonds. The molecule has 0 spiro atoms. The second-order valence-corrected chi connectivity index (χ2v) is 1.22. The van der Waals surface area contributed by atoms with E-state index in [1.54, 1.807) is 0 Å². The fourth-order valence-electron chi connectivity index (χ4n) is 0.230. The monoisotopic (exact) mass is 106 g/mol. The highest BCUT2D eigenvalue weighted by atomic mass is 16.6. The third kappa shape index (κ3) is 5.43. The molecule has 0 aromatic rings. The smallest absolute Gasteiger partial charge is 0.303 e. The molecule has 0 saturated heterocycles. The van der Waals surface area contributed by atoms with Gasteiger partial charge in [0, 0.05) is 13.0 Å². The molecule has 3 nitrogen and oxygen atoms in total. The number of aliphatic hydroxyl groups is 1. The van der Waals surface area contributed by atoms with Gasteiger partial charge in [-0.15, -0.1) is 0 Å². The molecule has 0 bridgehead atoms. The fraction of sp³-hybridized carbons (Fsp3) is 0.750. The maximum atomic E-state index is 9.65. The quantitative estimate of drug-likeness (QED) is 0.525. The number of hydrogen-bond acceptors (Lipinski definition) is 2. The zero-order valence-electron chi connectivity index (χ0n) is 3.92. The lowest BCUT2D eigenvalue weighted by atomic mass is 10.5. The predicted octanol–water partition coefficient (Wildman–Crippen LogP) is -0.157. The summed E-state index contributed by atoms with van der Waals surface area (Å²) in [5, 5.41) is 16.0. The Bertz CT molecular complexity index is 60.0. The molecule has 2 N–H and O–H groups in total. The minimum Gasteiger partial charge on any atom is -0.481 e. The molecule has 0 aromatic heterocycles. The average molecular weight is 106 g/mol. The molecule has 7 heavy (non-hydrogen) atoms. The second-order valence-electron chi connectivity index (χ2n) is 1.22. The summed E-state index contributed by atoms with van der Waals surface area (Å²) in [4.78, 5) is 9.65. The van der Waals surface area contributed by atoms with E-state index in [1.165, 1.54) is 0 Å². The lowest BCUT2D eigenvalue weighted by Gasteiger charge is -1.85. The summed E-state index contributed by atoms with van der Waals surface area (Å²) in [7, 11) is 0. The van der Waals surface area contributed by atoms with Crippen molar-refractivity contribution in [1.82, 2.24) is 0 Å². The summed E-state index contributed by atoms with van der Waals surface area (Å²) >= 11 is 0. The first-order chi connectivity index (χ1) is 3.27. The van der Waals surface area contributed by atoms with E-state index in [9.17, 15) is 4.79 Å². The molecule has 42 valence electrons. The van der Waals surface area contributed by atoms with Gasteiger partial charge < -0.3 is 10.2 Å². The molecule has 0 heterocycles. The molecule has 0 radical (unpaired) electrons. The Labute approximate surface area is 41.6 Å². The van der Waals surface area contributed by atoms with Gasteiger partial charge in [0.1, 0.15) is 0 Å². The maximum absolute atomic E-state index is 9.65. The molecule has 0 aliphatic heterocycles. The topological polar surface area (TPSA) is 57.5 Å². The van der Waals surface area contributed by atoms with Crippen molar-refractivity contribution in [2.75, 3.05) is 6.61 Å². The Morgan fingerprint density at radius 3 is 2.29 bits per heavy atom. The van der Waals surface area contributed by atoms with E-state index in [1.807, 2.05) is 0 Å². The number of aliphatic carboxylic acids is 1. The van der Waals surface area contributed by atoms with Crippen molar-refractivity contribution in [1.29, 1.82) is 0 Å². The van der Waals surface area contributed by atoms with Crippen LogP contribution in [0.4, 0.5) is 0 Å². The largest absolute Gasteiger partial charge is 0.481 e. The average Bonchev–Trinajstić information content (AvgIpc) is 1.61. The molecule has 0 fully saturated rings. The Morgan fingerprint density at radius 1 is 1.57 bits per heavy atom. The highest BCUT2D eigenvalue weighted by Gasteiger charge is 1.91. The van der Waals surface area contributed by atoms with Gasteiger partial charge in [-0.25, -0.2) is 0 Å². The first-order valence-corrected chi connectivity index (χ1v) is 2.10. The van der Waals surface area contributed by atoms with E-state index in [4.69, 9.17) is 10.2 Å². The summed E-state index contributed by atoms with van der Waals surface area (Å²) in [5.74, 6) is -0.853. The lowest BCUT2D eigenvalue weighted by molar-refractivity contribution is -0.137. The van der Waals surface area contributed by atoms with E-state index in [0.717, 1.165) is 0 Å². The first-order valence-electron chi connectivity index (χ1n) is 2.10. The minimum atomic E-state index is -0.853. The number of rotatable bonds is 3. The standard InChI is InChI=1S/C4H8O3/c5-3-1-2-4(6)7/h5H,1-3H2,(H,6,7)/i4+2. The minimum absolute atomic E-state index is 0.0354. The molecule has 0 saturated carbocycles. The van der Waals surface area contributed by atoms with Crippen molar-refractivity contribution in [3.05, 3.63) is 0 Å². The van der Waals surface area contributed by atoms with Crippen LogP contribution in [0.1, 0.15) is 12.8 Å². The van der Waals surface area contributed by atoms with E-state index in [-0.39, 0.29) is 13.0 Å². The highest BCUT2D eigenvalue weighted by Crippen LogP contribution is 1.83. The van der Waals surface area contributed by atoms with Gasteiger partial charge in [0.05, 0.1) is 0 Å². The molecule has 0 aliphatic carbocycles.